The van der Waals surface area contributed by atoms with Crippen LogP contribution in [0.25, 0.3) is 5.57 Å². The Kier molecular flexibility index (Phi) is 5.19. The van der Waals surface area contributed by atoms with Crippen molar-refractivity contribution in [3.63, 3.8) is 0 Å². The van der Waals surface area contributed by atoms with Gasteiger partial charge in [0.1, 0.15) is 5.70 Å². The van der Waals surface area contributed by atoms with Crippen LogP contribution in [0.5, 0.6) is 0 Å². The van der Waals surface area contributed by atoms with E-state index in [1.807, 2.05) is 18.7 Å². The lowest BCUT2D eigenvalue weighted by molar-refractivity contribution is -0.137. The molecule has 4 rings (SSSR count). The lowest BCUT2D eigenvalue weighted by atomic mass is 10.1. The maximum atomic E-state index is 13.4. The van der Waals surface area contributed by atoms with Gasteiger partial charge in [0.05, 0.1) is 29.0 Å². The summed E-state index contributed by atoms with van der Waals surface area (Å²) in [5.74, 6) is -1.24. The minimum Gasteiger partial charge on any atom is -0.372 e. The molecule has 30 heavy (non-hydrogen) atoms. The number of anilines is 1. The van der Waals surface area contributed by atoms with E-state index in [4.69, 9.17) is 4.74 Å². The van der Waals surface area contributed by atoms with Gasteiger partial charge in [-0.05, 0) is 43.5 Å². The smallest absolute Gasteiger partial charge is 0.372 e. The van der Waals surface area contributed by atoms with Crippen LogP contribution in [0.2, 0.25) is 0 Å². The number of alkyl halides is 3. The van der Waals surface area contributed by atoms with E-state index in [1.54, 1.807) is 17.5 Å². The predicted octanol–water partition coefficient (Wildman–Crippen LogP) is 4.16. The Labute approximate surface area is 175 Å². The van der Waals surface area contributed by atoms with Crippen molar-refractivity contribution in [2.24, 2.45) is 0 Å². The predicted molar refractivity (Wildman–Crippen MR) is 107 cm³/mol. The number of ether oxygens (including phenoxy) is 1. The van der Waals surface area contributed by atoms with E-state index in [1.165, 1.54) is 23.5 Å². The number of imide groups is 1. The summed E-state index contributed by atoms with van der Waals surface area (Å²) in [6, 6.07) is 7.77. The standard InChI is InChI=1S/C21H19F3N2O3S/c1-12-10-25(11-13(2)29-12)18-17(16-7-4-8-30-16)19(27)26(20(18)28)15-6-3-5-14(9-15)21(22,23)24/h3-9,12-13H,10-11H2,1-2H3. The molecule has 9 heteroatoms. The lowest BCUT2D eigenvalue weighted by Gasteiger charge is -2.37. The molecule has 1 aromatic heterocycles. The Balaban J connectivity index is 1.80. The third-order valence-corrected chi connectivity index (χ3v) is 5.88. The summed E-state index contributed by atoms with van der Waals surface area (Å²) in [4.78, 5) is 29.9. The number of benzene rings is 1. The monoisotopic (exact) mass is 436 g/mol. The molecule has 1 fully saturated rings. The summed E-state index contributed by atoms with van der Waals surface area (Å²) in [7, 11) is 0. The summed E-state index contributed by atoms with van der Waals surface area (Å²) in [6.07, 6.45) is -4.89. The quantitative estimate of drug-likeness (QED) is 0.678. The minimum atomic E-state index is -4.58. The zero-order valence-corrected chi connectivity index (χ0v) is 17.1. The second-order valence-electron chi connectivity index (χ2n) is 7.36. The number of morpholine rings is 1. The molecule has 0 spiro atoms. The van der Waals surface area contributed by atoms with E-state index >= 15 is 0 Å². The van der Waals surface area contributed by atoms with Crippen molar-refractivity contribution in [3.05, 3.63) is 57.9 Å². The largest absolute Gasteiger partial charge is 0.416 e. The van der Waals surface area contributed by atoms with Crippen LogP contribution in [0.1, 0.15) is 24.3 Å². The van der Waals surface area contributed by atoms with Gasteiger partial charge in [-0.1, -0.05) is 12.1 Å². The highest BCUT2D eigenvalue weighted by atomic mass is 32.1. The molecule has 0 N–H and O–H groups in total. The number of carbonyl (C=O) groups is 2. The number of thiophene rings is 1. The molecule has 0 radical (unpaired) electrons. The summed E-state index contributed by atoms with van der Waals surface area (Å²) in [5, 5.41) is 1.79. The van der Waals surface area contributed by atoms with Crippen molar-refractivity contribution in [2.45, 2.75) is 32.2 Å². The number of rotatable bonds is 3. The first kappa shape index (κ1) is 20.6. The Morgan fingerprint density at radius 3 is 2.33 bits per heavy atom. The van der Waals surface area contributed by atoms with E-state index in [0.717, 1.165) is 17.0 Å². The molecule has 2 amide bonds. The molecular formula is C21H19F3N2O3S. The van der Waals surface area contributed by atoms with Crippen molar-refractivity contribution in [1.29, 1.82) is 0 Å². The van der Waals surface area contributed by atoms with Gasteiger partial charge in [0.2, 0.25) is 0 Å². The Morgan fingerprint density at radius 2 is 1.73 bits per heavy atom. The van der Waals surface area contributed by atoms with Crippen LogP contribution in [0.4, 0.5) is 18.9 Å². The van der Waals surface area contributed by atoms with Gasteiger partial charge in [-0.3, -0.25) is 9.59 Å². The Morgan fingerprint density at radius 1 is 1.03 bits per heavy atom. The van der Waals surface area contributed by atoms with Gasteiger partial charge in [0.15, 0.2) is 0 Å². The van der Waals surface area contributed by atoms with Crippen LogP contribution in [0.15, 0.2) is 47.5 Å². The van der Waals surface area contributed by atoms with Crippen molar-refractivity contribution in [3.8, 4) is 0 Å². The van der Waals surface area contributed by atoms with Crippen molar-refractivity contribution < 1.29 is 27.5 Å². The molecule has 1 saturated heterocycles. The Hall–Kier alpha value is -2.65. The van der Waals surface area contributed by atoms with Crippen LogP contribution in [-0.2, 0) is 20.5 Å². The average molecular weight is 436 g/mol. The normalized spacial score (nSPS) is 23.0. The number of hydrogen-bond acceptors (Lipinski definition) is 5. The zero-order valence-electron chi connectivity index (χ0n) is 16.3. The molecule has 158 valence electrons. The van der Waals surface area contributed by atoms with E-state index in [-0.39, 0.29) is 29.2 Å². The molecular weight excluding hydrogens is 417 g/mol. The van der Waals surface area contributed by atoms with Gasteiger partial charge in [-0.2, -0.15) is 13.2 Å². The van der Waals surface area contributed by atoms with Crippen LogP contribution in [-0.4, -0.2) is 42.0 Å². The third kappa shape index (κ3) is 3.63. The maximum Gasteiger partial charge on any atom is 0.416 e. The second-order valence-corrected chi connectivity index (χ2v) is 8.30. The number of amides is 2. The average Bonchev–Trinajstić information content (AvgIpc) is 3.26. The fourth-order valence-electron chi connectivity index (χ4n) is 3.87. The van der Waals surface area contributed by atoms with Crippen molar-refractivity contribution >= 4 is 34.4 Å². The molecule has 0 aliphatic carbocycles. The second kappa shape index (κ2) is 7.55. The molecule has 2 unspecified atom stereocenters. The van der Waals surface area contributed by atoms with Gasteiger partial charge in [0.25, 0.3) is 11.8 Å². The molecule has 2 atom stereocenters. The van der Waals surface area contributed by atoms with Crippen molar-refractivity contribution in [1.82, 2.24) is 4.90 Å². The van der Waals surface area contributed by atoms with Crippen LogP contribution in [0, 0.1) is 0 Å². The first-order valence-corrected chi connectivity index (χ1v) is 10.3. The highest BCUT2D eigenvalue weighted by Crippen LogP contribution is 2.39. The maximum absolute atomic E-state index is 13.4. The highest BCUT2D eigenvalue weighted by molar-refractivity contribution is 7.11. The first-order valence-electron chi connectivity index (χ1n) is 9.41. The molecule has 0 bridgehead atoms. The summed E-state index contributed by atoms with van der Waals surface area (Å²) in [6.45, 7) is 4.56. The van der Waals surface area contributed by atoms with Crippen LogP contribution in [0.3, 0.4) is 0 Å². The minimum absolute atomic E-state index is 0.0989. The van der Waals surface area contributed by atoms with Gasteiger partial charge in [0, 0.05) is 18.0 Å². The zero-order chi connectivity index (χ0) is 21.6. The molecule has 5 nitrogen and oxygen atoms in total. The molecule has 1 aromatic carbocycles. The summed E-state index contributed by atoms with van der Waals surface area (Å²) >= 11 is 1.30. The Bertz CT molecular complexity index is 1010. The van der Waals surface area contributed by atoms with Crippen LogP contribution < -0.4 is 4.90 Å². The highest BCUT2D eigenvalue weighted by Gasteiger charge is 2.44. The van der Waals surface area contributed by atoms with E-state index in [2.05, 4.69) is 0 Å². The van der Waals surface area contributed by atoms with Gasteiger partial charge >= 0.3 is 6.18 Å². The molecule has 3 heterocycles. The summed E-state index contributed by atoms with van der Waals surface area (Å²) < 4.78 is 45.3. The third-order valence-electron chi connectivity index (χ3n) is 4.99. The van der Waals surface area contributed by atoms with E-state index in [0.29, 0.717) is 18.0 Å². The molecule has 2 aliphatic rings. The molecule has 2 aliphatic heterocycles. The fraction of sp³-hybridized carbons (Fsp3) is 0.333. The van der Waals surface area contributed by atoms with Crippen molar-refractivity contribution in [2.75, 3.05) is 18.0 Å². The summed E-state index contributed by atoms with van der Waals surface area (Å²) in [5.41, 5.74) is -0.589. The number of halogens is 3. The first-order chi connectivity index (χ1) is 14.2. The topological polar surface area (TPSA) is 49.9 Å². The van der Waals surface area contributed by atoms with Gasteiger partial charge < -0.3 is 9.64 Å². The van der Waals surface area contributed by atoms with E-state index in [9.17, 15) is 22.8 Å². The number of carbonyl (C=O) groups excluding carboxylic acids is 2. The lowest BCUT2D eigenvalue weighted by Crippen LogP contribution is -2.47. The van der Waals surface area contributed by atoms with Gasteiger partial charge in [-0.25, -0.2) is 4.90 Å². The molecule has 2 aromatic rings. The number of nitrogens with zero attached hydrogens (tertiary/aromatic N) is 2. The fourth-order valence-corrected chi connectivity index (χ4v) is 4.63. The van der Waals surface area contributed by atoms with Crippen LogP contribution >= 0.6 is 11.3 Å². The molecule has 0 saturated carbocycles. The number of hydrogen-bond donors (Lipinski definition) is 0. The van der Waals surface area contributed by atoms with Gasteiger partial charge in [-0.15, -0.1) is 11.3 Å². The van der Waals surface area contributed by atoms with E-state index < -0.39 is 23.6 Å². The SMILES string of the molecule is CC1CN(C2=C(c3cccs3)C(=O)N(c3cccc(C(F)(F)F)c3)C2=O)CC(C)O1.